The third kappa shape index (κ3) is 5.60. The van der Waals surface area contributed by atoms with Crippen molar-refractivity contribution < 1.29 is 23.8 Å². The molecule has 0 fully saturated rings. The lowest BCUT2D eigenvalue weighted by molar-refractivity contribution is -0.143. The van der Waals surface area contributed by atoms with Gasteiger partial charge in [0.2, 0.25) is 0 Å². The molecule has 2 aromatic carbocycles. The molecule has 5 heteroatoms. The SMILES string of the molecule is COC(=O)CC(=O)CC(O)C=CC1=C(c2ccc(F)cc2)c2ccccc2CCC1(C)C. The van der Waals surface area contributed by atoms with Crippen LogP contribution >= 0.6 is 0 Å². The van der Waals surface area contributed by atoms with Crippen LogP contribution in [-0.2, 0) is 20.7 Å². The number of methoxy groups -OCH3 is 1. The highest BCUT2D eigenvalue weighted by atomic mass is 19.1. The molecule has 1 aliphatic carbocycles. The van der Waals surface area contributed by atoms with E-state index < -0.39 is 12.1 Å². The number of carbonyl (C=O) groups excluding carboxylic acids is 2. The van der Waals surface area contributed by atoms with Gasteiger partial charge in [-0.2, -0.15) is 0 Å². The number of fused-ring (bicyclic) bond motifs is 1. The summed E-state index contributed by atoms with van der Waals surface area (Å²) in [4.78, 5) is 23.3. The molecule has 1 aliphatic rings. The second kappa shape index (κ2) is 10.0. The lowest BCUT2D eigenvalue weighted by Gasteiger charge is -2.27. The molecule has 3 rings (SSSR count). The van der Waals surface area contributed by atoms with Gasteiger partial charge in [0.05, 0.1) is 13.2 Å². The zero-order valence-electron chi connectivity index (χ0n) is 18.7. The Morgan fingerprint density at radius 3 is 2.53 bits per heavy atom. The number of halogens is 1. The second-order valence-electron chi connectivity index (χ2n) is 8.76. The van der Waals surface area contributed by atoms with Crippen molar-refractivity contribution in [1.29, 1.82) is 0 Å². The first-order valence-electron chi connectivity index (χ1n) is 10.7. The maximum absolute atomic E-state index is 13.6. The monoisotopic (exact) mass is 436 g/mol. The molecule has 0 saturated carbocycles. The van der Waals surface area contributed by atoms with Crippen LogP contribution in [-0.4, -0.2) is 30.1 Å². The third-order valence-corrected chi connectivity index (χ3v) is 5.93. The van der Waals surface area contributed by atoms with Gasteiger partial charge >= 0.3 is 5.97 Å². The van der Waals surface area contributed by atoms with Crippen molar-refractivity contribution in [3.05, 3.63) is 88.8 Å². The highest BCUT2D eigenvalue weighted by Crippen LogP contribution is 2.44. The highest BCUT2D eigenvalue weighted by Gasteiger charge is 2.30. The van der Waals surface area contributed by atoms with E-state index in [4.69, 9.17) is 0 Å². The minimum Gasteiger partial charge on any atom is -0.469 e. The Kier molecular flexibility index (Phi) is 7.41. The molecule has 0 bridgehead atoms. The van der Waals surface area contributed by atoms with Crippen LogP contribution in [0, 0.1) is 11.2 Å². The predicted molar refractivity (Wildman–Crippen MR) is 122 cm³/mol. The molecule has 1 N–H and O–H groups in total. The van der Waals surface area contributed by atoms with Crippen molar-refractivity contribution in [2.45, 2.75) is 45.6 Å². The van der Waals surface area contributed by atoms with E-state index in [9.17, 15) is 19.1 Å². The molecule has 1 atom stereocenters. The van der Waals surface area contributed by atoms with Crippen LogP contribution < -0.4 is 0 Å². The van der Waals surface area contributed by atoms with Gasteiger partial charge in [0, 0.05) is 6.42 Å². The molecular weight excluding hydrogens is 407 g/mol. The fourth-order valence-corrected chi connectivity index (χ4v) is 4.10. The fraction of sp³-hybridized carbons (Fsp3) is 0.333. The minimum absolute atomic E-state index is 0.165. The van der Waals surface area contributed by atoms with Gasteiger partial charge in [0.15, 0.2) is 0 Å². The van der Waals surface area contributed by atoms with Crippen molar-refractivity contribution in [1.82, 2.24) is 0 Å². The average molecular weight is 437 g/mol. The standard InChI is InChI=1S/C27H29FO4/c1-27(2)15-14-18-6-4-5-7-23(18)26(19-8-10-20(28)11-9-19)24(27)13-12-21(29)16-22(30)17-25(31)32-3/h4-13,21,29H,14-17H2,1-3H3. The van der Waals surface area contributed by atoms with Crippen LogP contribution in [0.15, 0.2) is 66.3 Å². The number of aliphatic hydroxyl groups excluding tert-OH is 1. The number of esters is 1. The molecule has 1 unspecified atom stereocenters. The molecule has 2 aromatic rings. The van der Waals surface area contributed by atoms with Crippen LogP contribution in [0.2, 0.25) is 0 Å². The van der Waals surface area contributed by atoms with Gasteiger partial charge in [-0.25, -0.2) is 4.39 Å². The smallest absolute Gasteiger partial charge is 0.313 e. The summed E-state index contributed by atoms with van der Waals surface area (Å²) in [6.45, 7) is 4.30. The molecule has 0 radical (unpaired) electrons. The molecule has 0 saturated heterocycles. The molecule has 168 valence electrons. The van der Waals surface area contributed by atoms with Gasteiger partial charge < -0.3 is 9.84 Å². The second-order valence-corrected chi connectivity index (χ2v) is 8.76. The molecule has 4 nitrogen and oxygen atoms in total. The van der Waals surface area contributed by atoms with E-state index >= 15 is 0 Å². The van der Waals surface area contributed by atoms with Gasteiger partial charge in [0.1, 0.15) is 18.0 Å². The van der Waals surface area contributed by atoms with Crippen LogP contribution in [0.4, 0.5) is 4.39 Å². The first-order valence-corrected chi connectivity index (χ1v) is 10.7. The molecule has 0 heterocycles. The molecule has 32 heavy (non-hydrogen) atoms. The summed E-state index contributed by atoms with van der Waals surface area (Å²) in [5, 5.41) is 10.4. The van der Waals surface area contributed by atoms with Crippen LogP contribution in [0.1, 0.15) is 49.8 Å². The maximum atomic E-state index is 13.6. The number of aliphatic hydroxyl groups is 1. The number of ether oxygens (including phenoxy) is 1. The highest BCUT2D eigenvalue weighted by molar-refractivity contribution is 5.95. The summed E-state index contributed by atoms with van der Waals surface area (Å²) >= 11 is 0. The predicted octanol–water partition coefficient (Wildman–Crippen LogP) is 5.04. The fourth-order valence-electron chi connectivity index (χ4n) is 4.10. The van der Waals surface area contributed by atoms with E-state index in [1.807, 2.05) is 18.2 Å². The number of aryl methyl sites for hydroxylation is 1. The van der Waals surface area contributed by atoms with Gasteiger partial charge in [-0.3, -0.25) is 9.59 Å². The number of benzene rings is 2. The van der Waals surface area contributed by atoms with Crippen molar-refractivity contribution in [3.8, 4) is 0 Å². The summed E-state index contributed by atoms with van der Waals surface area (Å²) in [5.41, 5.74) is 4.97. The number of rotatable bonds is 7. The number of hydrogen-bond acceptors (Lipinski definition) is 4. The molecule has 0 spiro atoms. The Labute approximate surface area is 188 Å². The Bertz CT molecular complexity index is 1050. The first kappa shape index (κ1) is 23.6. The van der Waals surface area contributed by atoms with Crippen LogP contribution in [0.5, 0.6) is 0 Å². The minimum atomic E-state index is -1.02. The number of carbonyl (C=O) groups is 2. The van der Waals surface area contributed by atoms with Crippen molar-refractivity contribution in [2.75, 3.05) is 7.11 Å². The van der Waals surface area contributed by atoms with E-state index in [2.05, 4.69) is 30.7 Å². The molecular formula is C27H29FO4. The summed E-state index contributed by atoms with van der Waals surface area (Å²) in [5.74, 6) is -1.30. The van der Waals surface area contributed by atoms with E-state index in [1.54, 1.807) is 18.2 Å². The summed E-state index contributed by atoms with van der Waals surface area (Å²) in [6, 6.07) is 14.6. The first-order chi connectivity index (χ1) is 15.2. The van der Waals surface area contributed by atoms with Gasteiger partial charge in [0.25, 0.3) is 0 Å². The third-order valence-electron chi connectivity index (χ3n) is 5.93. The topological polar surface area (TPSA) is 63.6 Å². The van der Waals surface area contributed by atoms with Gasteiger partial charge in [-0.1, -0.05) is 62.4 Å². The maximum Gasteiger partial charge on any atom is 0.313 e. The number of hydrogen-bond donors (Lipinski definition) is 1. The number of Topliss-reactive ketones (excluding diaryl/α,β-unsaturated/α-hetero) is 1. The van der Waals surface area contributed by atoms with Gasteiger partial charge in [-0.05, 0) is 58.2 Å². The van der Waals surface area contributed by atoms with Crippen molar-refractivity contribution in [2.24, 2.45) is 5.41 Å². The molecule has 0 amide bonds. The summed E-state index contributed by atoms with van der Waals surface area (Å²) < 4.78 is 18.2. The largest absolute Gasteiger partial charge is 0.469 e. The summed E-state index contributed by atoms with van der Waals surface area (Å²) in [6.07, 6.45) is 3.71. The van der Waals surface area contributed by atoms with E-state index in [-0.39, 0.29) is 29.9 Å². The van der Waals surface area contributed by atoms with E-state index in [0.717, 1.165) is 35.1 Å². The lowest BCUT2D eigenvalue weighted by atomic mass is 9.77. The molecule has 0 aliphatic heterocycles. The zero-order valence-corrected chi connectivity index (χ0v) is 18.7. The molecule has 0 aromatic heterocycles. The van der Waals surface area contributed by atoms with Gasteiger partial charge in [-0.15, -0.1) is 0 Å². The van der Waals surface area contributed by atoms with E-state index in [1.165, 1.54) is 24.8 Å². The lowest BCUT2D eigenvalue weighted by Crippen LogP contribution is -2.17. The van der Waals surface area contributed by atoms with E-state index in [0.29, 0.717) is 0 Å². The Hall–Kier alpha value is -3.05. The normalized spacial score (nSPS) is 16.4. The van der Waals surface area contributed by atoms with Crippen LogP contribution in [0.3, 0.4) is 0 Å². The Morgan fingerprint density at radius 2 is 1.84 bits per heavy atom. The average Bonchev–Trinajstić information content (AvgIpc) is 2.86. The Balaban J connectivity index is 2.04. The quantitative estimate of drug-likeness (QED) is 0.488. The zero-order chi connectivity index (χ0) is 23.3. The number of allylic oxidation sites excluding steroid dienone is 2. The Morgan fingerprint density at radius 1 is 1.16 bits per heavy atom. The van der Waals surface area contributed by atoms with Crippen LogP contribution in [0.25, 0.3) is 5.57 Å². The summed E-state index contributed by atoms with van der Waals surface area (Å²) in [7, 11) is 1.22. The number of ketones is 1. The van der Waals surface area contributed by atoms with Crippen molar-refractivity contribution >= 4 is 17.3 Å². The van der Waals surface area contributed by atoms with Crippen molar-refractivity contribution in [3.63, 3.8) is 0 Å².